The van der Waals surface area contributed by atoms with Crippen LogP contribution in [0.3, 0.4) is 0 Å². The van der Waals surface area contributed by atoms with Gasteiger partial charge in [0, 0.05) is 13.1 Å². The van der Waals surface area contributed by atoms with Crippen LogP contribution in [0, 0.1) is 0 Å². The van der Waals surface area contributed by atoms with Gasteiger partial charge in [-0.3, -0.25) is 0 Å². The van der Waals surface area contributed by atoms with Crippen LogP contribution in [0.2, 0.25) is 0 Å². The van der Waals surface area contributed by atoms with Gasteiger partial charge in [0.15, 0.2) is 0 Å². The second-order valence-corrected chi connectivity index (χ2v) is 5.26. The highest BCUT2D eigenvalue weighted by molar-refractivity contribution is 5.79. The smallest absolute Gasteiger partial charge is 0.133 e. The van der Waals surface area contributed by atoms with Crippen molar-refractivity contribution in [3.63, 3.8) is 0 Å². The number of ether oxygens (including phenoxy) is 1. The molecule has 0 aliphatic carbocycles. The predicted octanol–water partition coefficient (Wildman–Crippen LogP) is 3.18. The molecule has 0 bridgehead atoms. The summed E-state index contributed by atoms with van der Waals surface area (Å²) >= 11 is 0. The molecule has 0 fully saturated rings. The van der Waals surface area contributed by atoms with Crippen molar-refractivity contribution in [2.24, 2.45) is 5.73 Å². The lowest BCUT2D eigenvalue weighted by atomic mass is 10.2. The lowest BCUT2D eigenvalue weighted by Crippen LogP contribution is -2.13. The zero-order chi connectivity index (χ0) is 15.9. The van der Waals surface area contributed by atoms with Gasteiger partial charge in [-0.15, -0.1) is 0 Å². The van der Waals surface area contributed by atoms with Gasteiger partial charge in [-0.1, -0.05) is 48.5 Å². The van der Waals surface area contributed by atoms with Crippen molar-refractivity contribution in [3.8, 4) is 0 Å². The van der Waals surface area contributed by atoms with Gasteiger partial charge in [0.05, 0.1) is 24.2 Å². The van der Waals surface area contributed by atoms with Crippen molar-refractivity contribution >= 4 is 23.2 Å². The number of benzene rings is 2. The van der Waals surface area contributed by atoms with E-state index in [0.717, 1.165) is 29.0 Å². The van der Waals surface area contributed by atoms with E-state index >= 15 is 0 Å². The molecule has 0 saturated carbocycles. The van der Waals surface area contributed by atoms with E-state index in [9.17, 15) is 0 Å². The molecule has 0 spiro atoms. The van der Waals surface area contributed by atoms with Crippen molar-refractivity contribution in [2.45, 2.75) is 6.54 Å². The number of imidazole rings is 1. The van der Waals surface area contributed by atoms with Crippen LogP contribution < -0.4 is 5.73 Å². The van der Waals surface area contributed by atoms with Crippen LogP contribution in [0.15, 0.2) is 54.6 Å². The van der Waals surface area contributed by atoms with Crippen molar-refractivity contribution in [2.75, 3.05) is 19.8 Å². The SMILES string of the molecule is NCCOCCn1c(/C=C/c2ccccc2)nc2ccccc21. The largest absolute Gasteiger partial charge is 0.378 e. The maximum atomic E-state index is 5.53. The average Bonchev–Trinajstić information content (AvgIpc) is 2.95. The first kappa shape index (κ1) is 15.5. The molecule has 3 rings (SSSR count). The highest BCUT2D eigenvalue weighted by atomic mass is 16.5. The summed E-state index contributed by atoms with van der Waals surface area (Å²) in [5.74, 6) is 0.936. The van der Waals surface area contributed by atoms with Crippen LogP contribution in [0.25, 0.3) is 23.2 Å². The molecule has 2 N–H and O–H groups in total. The maximum Gasteiger partial charge on any atom is 0.133 e. The van der Waals surface area contributed by atoms with E-state index in [0.29, 0.717) is 19.8 Å². The topological polar surface area (TPSA) is 53.1 Å². The number of hydrogen-bond acceptors (Lipinski definition) is 3. The molecule has 118 valence electrons. The molecule has 0 atom stereocenters. The number of fused-ring (bicyclic) bond motifs is 1. The third-order valence-corrected chi connectivity index (χ3v) is 3.63. The highest BCUT2D eigenvalue weighted by Crippen LogP contribution is 2.18. The Labute approximate surface area is 136 Å². The fourth-order valence-electron chi connectivity index (χ4n) is 2.53. The van der Waals surface area contributed by atoms with Crippen LogP contribution >= 0.6 is 0 Å². The molecule has 4 nitrogen and oxygen atoms in total. The van der Waals surface area contributed by atoms with Crippen molar-refractivity contribution < 1.29 is 4.74 Å². The van der Waals surface area contributed by atoms with Gasteiger partial charge in [-0.05, 0) is 23.8 Å². The second kappa shape index (κ2) is 7.72. The fourth-order valence-corrected chi connectivity index (χ4v) is 2.53. The molecule has 0 saturated heterocycles. The Morgan fingerprint density at radius 2 is 1.74 bits per heavy atom. The zero-order valence-corrected chi connectivity index (χ0v) is 13.1. The summed E-state index contributed by atoms with van der Waals surface area (Å²) < 4.78 is 7.71. The first-order valence-electron chi connectivity index (χ1n) is 7.84. The fraction of sp³-hybridized carbons (Fsp3) is 0.211. The van der Waals surface area contributed by atoms with Gasteiger partial charge >= 0.3 is 0 Å². The third-order valence-electron chi connectivity index (χ3n) is 3.63. The Bertz CT molecular complexity index is 778. The lowest BCUT2D eigenvalue weighted by Gasteiger charge is -2.07. The van der Waals surface area contributed by atoms with Gasteiger partial charge in [0.25, 0.3) is 0 Å². The minimum atomic E-state index is 0.547. The molecule has 0 amide bonds. The Morgan fingerprint density at radius 3 is 2.57 bits per heavy atom. The molecule has 1 heterocycles. The van der Waals surface area contributed by atoms with E-state index in [1.165, 1.54) is 0 Å². The highest BCUT2D eigenvalue weighted by Gasteiger charge is 2.07. The van der Waals surface area contributed by atoms with Crippen LogP contribution in [-0.4, -0.2) is 29.3 Å². The summed E-state index contributed by atoms with van der Waals surface area (Å²) in [6.07, 6.45) is 4.14. The molecule has 0 aliphatic rings. The summed E-state index contributed by atoms with van der Waals surface area (Å²) in [6.45, 7) is 2.52. The Morgan fingerprint density at radius 1 is 0.957 bits per heavy atom. The van der Waals surface area contributed by atoms with Gasteiger partial charge in [-0.2, -0.15) is 0 Å². The summed E-state index contributed by atoms with van der Waals surface area (Å²) in [5.41, 5.74) is 8.74. The quantitative estimate of drug-likeness (QED) is 0.682. The Hall–Kier alpha value is -2.43. The Kier molecular flexibility index (Phi) is 5.19. The molecular weight excluding hydrogens is 286 g/mol. The van der Waals surface area contributed by atoms with Gasteiger partial charge in [0.1, 0.15) is 5.82 Å². The predicted molar refractivity (Wildman–Crippen MR) is 95.0 cm³/mol. The van der Waals surface area contributed by atoms with E-state index < -0.39 is 0 Å². The van der Waals surface area contributed by atoms with E-state index in [1.54, 1.807) is 0 Å². The minimum Gasteiger partial charge on any atom is -0.378 e. The molecule has 2 aromatic carbocycles. The first-order chi connectivity index (χ1) is 11.4. The van der Waals surface area contributed by atoms with E-state index in [4.69, 9.17) is 15.5 Å². The zero-order valence-electron chi connectivity index (χ0n) is 13.1. The van der Waals surface area contributed by atoms with E-state index in [-0.39, 0.29) is 0 Å². The maximum absolute atomic E-state index is 5.53. The molecule has 3 aromatic rings. The third kappa shape index (κ3) is 3.86. The number of hydrogen-bond donors (Lipinski definition) is 1. The van der Waals surface area contributed by atoms with Crippen molar-refractivity contribution in [1.82, 2.24) is 9.55 Å². The van der Waals surface area contributed by atoms with Gasteiger partial charge in [-0.25, -0.2) is 4.98 Å². The number of rotatable bonds is 7. The van der Waals surface area contributed by atoms with Crippen LogP contribution in [-0.2, 0) is 11.3 Å². The summed E-state index contributed by atoms with van der Waals surface area (Å²) in [7, 11) is 0. The van der Waals surface area contributed by atoms with Crippen molar-refractivity contribution in [1.29, 1.82) is 0 Å². The monoisotopic (exact) mass is 307 g/mol. The van der Waals surface area contributed by atoms with E-state index in [1.807, 2.05) is 36.4 Å². The molecule has 0 unspecified atom stereocenters. The number of nitrogens with two attached hydrogens (primary N) is 1. The lowest BCUT2D eigenvalue weighted by molar-refractivity contribution is 0.134. The second-order valence-electron chi connectivity index (χ2n) is 5.26. The van der Waals surface area contributed by atoms with Crippen LogP contribution in [0.5, 0.6) is 0 Å². The van der Waals surface area contributed by atoms with E-state index in [2.05, 4.69) is 34.9 Å². The molecule has 0 radical (unpaired) electrons. The van der Waals surface area contributed by atoms with Crippen LogP contribution in [0.4, 0.5) is 0 Å². The normalized spacial score (nSPS) is 11.5. The molecule has 4 heteroatoms. The van der Waals surface area contributed by atoms with Gasteiger partial charge in [0.2, 0.25) is 0 Å². The summed E-state index contributed by atoms with van der Waals surface area (Å²) in [4.78, 5) is 4.72. The summed E-state index contributed by atoms with van der Waals surface area (Å²) in [5, 5.41) is 0. The molecule has 1 aromatic heterocycles. The van der Waals surface area contributed by atoms with Gasteiger partial charge < -0.3 is 15.0 Å². The van der Waals surface area contributed by atoms with Crippen LogP contribution in [0.1, 0.15) is 11.4 Å². The van der Waals surface area contributed by atoms with Crippen molar-refractivity contribution in [3.05, 3.63) is 66.0 Å². The summed E-state index contributed by atoms with van der Waals surface area (Å²) in [6, 6.07) is 18.4. The molecule has 0 aliphatic heterocycles. The Balaban J connectivity index is 1.87. The molecular formula is C19H21N3O. The number of para-hydroxylation sites is 2. The minimum absolute atomic E-state index is 0.547. The molecule has 23 heavy (non-hydrogen) atoms. The standard InChI is InChI=1S/C19H21N3O/c20-12-14-23-15-13-22-18-9-5-4-8-17(18)21-19(22)11-10-16-6-2-1-3-7-16/h1-11H,12-15,20H2/b11-10+. The first-order valence-corrected chi connectivity index (χ1v) is 7.84. The number of aromatic nitrogens is 2. The average molecular weight is 307 g/mol. The number of nitrogens with zero attached hydrogens (tertiary/aromatic N) is 2.